The highest BCUT2D eigenvalue weighted by Gasteiger charge is 2.50. The van der Waals surface area contributed by atoms with Crippen LogP contribution < -0.4 is 5.32 Å². The van der Waals surface area contributed by atoms with Crippen LogP contribution in [0.4, 0.5) is 0 Å². The zero-order valence-electron chi connectivity index (χ0n) is 12.7. The number of hydrogen-bond donors (Lipinski definition) is 1. The molecule has 0 radical (unpaired) electrons. The fraction of sp³-hybridized carbons (Fsp3) is 1.00. The van der Waals surface area contributed by atoms with E-state index in [1.165, 1.54) is 12.8 Å². The third-order valence-electron chi connectivity index (χ3n) is 6.09. The minimum absolute atomic E-state index is 0.759. The fourth-order valence-electron chi connectivity index (χ4n) is 5.76. The molecule has 0 aromatic rings. The molecule has 4 fully saturated rings. The van der Waals surface area contributed by atoms with E-state index < -0.39 is 0 Å². The van der Waals surface area contributed by atoms with E-state index in [0.29, 0.717) is 0 Å². The van der Waals surface area contributed by atoms with Gasteiger partial charge in [-0.3, -0.25) is 0 Å². The summed E-state index contributed by atoms with van der Waals surface area (Å²) in [5.74, 6) is 5.26. The van der Waals surface area contributed by atoms with Crippen molar-refractivity contribution in [1.29, 1.82) is 0 Å². The highest BCUT2D eigenvalue weighted by Crippen LogP contribution is 2.57. The molecule has 1 unspecified atom stereocenters. The lowest BCUT2D eigenvalue weighted by molar-refractivity contribution is -0.0534. The first-order chi connectivity index (χ1) is 9.31. The summed E-state index contributed by atoms with van der Waals surface area (Å²) >= 11 is 0. The Labute approximate surface area is 118 Å². The molecule has 4 rings (SSSR count). The molecule has 2 heteroatoms. The standard InChI is InChI=1S/C17H31NO/c1-3-18-16(5-4-6-19-2)17-14-8-12-7-13(10-14)11-15(17)9-12/h12-18H,3-11H2,1-2H3. The van der Waals surface area contributed by atoms with Crippen LogP contribution in [-0.2, 0) is 4.74 Å². The molecule has 19 heavy (non-hydrogen) atoms. The molecule has 4 saturated carbocycles. The van der Waals surface area contributed by atoms with Crippen LogP contribution in [0, 0.1) is 29.6 Å². The lowest BCUT2D eigenvalue weighted by Gasteiger charge is -2.56. The van der Waals surface area contributed by atoms with Gasteiger partial charge in [0.15, 0.2) is 0 Å². The minimum atomic E-state index is 0.759. The van der Waals surface area contributed by atoms with Gasteiger partial charge in [-0.1, -0.05) is 6.92 Å². The highest BCUT2D eigenvalue weighted by molar-refractivity contribution is 5.01. The van der Waals surface area contributed by atoms with E-state index in [1.807, 2.05) is 7.11 Å². The van der Waals surface area contributed by atoms with Crippen LogP contribution in [0.25, 0.3) is 0 Å². The molecule has 0 spiro atoms. The molecule has 1 atom stereocenters. The smallest absolute Gasteiger partial charge is 0.0462 e. The van der Waals surface area contributed by atoms with Crippen LogP contribution in [0.3, 0.4) is 0 Å². The van der Waals surface area contributed by atoms with Gasteiger partial charge in [0, 0.05) is 19.8 Å². The number of methoxy groups -OCH3 is 1. The second-order valence-corrected chi connectivity index (χ2v) is 7.31. The molecule has 0 aliphatic heterocycles. The van der Waals surface area contributed by atoms with Gasteiger partial charge in [0.1, 0.15) is 0 Å². The van der Waals surface area contributed by atoms with E-state index in [9.17, 15) is 0 Å². The van der Waals surface area contributed by atoms with Crippen molar-refractivity contribution in [2.75, 3.05) is 20.3 Å². The van der Waals surface area contributed by atoms with Crippen molar-refractivity contribution < 1.29 is 4.74 Å². The summed E-state index contributed by atoms with van der Waals surface area (Å²) in [6, 6.07) is 0.759. The first-order valence-electron chi connectivity index (χ1n) is 8.54. The molecular formula is C17H31NO. The molecular weight excluding hydrogens is 234 g/mol. The van der Waals surface area contributed by atoms with Gasteiger partial charge in [-0.2, -0.15) is 0 Å². The monoisotopic (exact) mass is 265 g/mol. The summed E-state index contributed by atoms with van der Waals surface area (Å²) in [6.07, 6.45) is 10.3. The fourth-order valence-corrected chi connectivity index (χ4v) is 5.76. The maximum absolute atomic E-state index is 5.25. The van der Waals surface area contributed by atoms with Gasteiger partial charge in [-0.05, 0) is 81.1 Å². The second-order valence-electron chi connectivity index (χ2n) is 7.31. The van der Waals surface area contributed by atoms with Gasteiger partial charge >= 0.3 is 0 Å². The van der Waals surface area contributed by atoms with Crippen molar-refractivity contribution in [3.8, 4) is 0 Å². The Hall–Kier alpha value is -0.0800. The topological polar surface area (TPSA) is 21.3 Å². The first kappa shape index (κ1) is 13.9. The Morgan fingerprint density at radius 1 is 1.05 bits per heavy atom. The molecule has 4 aliphatic rings. The third-order valence-corrected chi connectivity index (χ3v) is 6.09. The van der Waals surface area contributed by atoms with Crippen LogP contribution in [0.2, 0.25) is 0 Å². The average molecular weight is 265 g/mol. The molecule has 0 aromatic carbocycles. The van der Waals surface area contributed by atoms with Crippen LogP contribution >= 0.6 is 0 Å². The van der Waals surface area contributed by atoms with Gasteiger partial charge in [0.25, 0.3) is 0 Å². The summed E-state index contributed by atoms with van der Waals surface area (Å²) in [5, 5.41) is 3.81. The van der Waals surface area contributed by atoms with Gasteiger partial charge in [0.05, 0.1) is 0 Å². The van der Waals surface area contributed by atoms with Crippen molar-refractivity contribution in [3.05, 3.63) is 0 Å². The maximum Gasteiger partial charge on any atom is 0.0462 e. The summed E-state index contributed by atoms with van der Waals surface area (Å²) in [5.41, 5.74) is 0. The van der Waals surface area contributed by atoms with Crippen molar-refractivity contribution in [1.82, 2.24) is 5.32 Å². The van der Waals surface area contributed by atoms with Gasteiger partial charge in [0.2, 0.25) is 0 Å². The van der Waals surface area contributed by atoms with E-state index in [4.69, 9.17) is 4.74 Å². The summed E-state index contributed by atoms with van der Waals surface area (Å²) in [4.78, 5) is 0. The van der Waals surface area contributed by atoms with E-state index >= 15 is 0 Å². The number of ether oxygens (including phenoxy) is 1. The molecule has 1 N–H and O–H groups in total. The third kappa shape index (κ3) is 2.85. The first-order valence-corrected chi connectivity index (χ1v) is 8.54. The number of hydrogen-bond acceptors (Lipinski definition) is 2. The molecule has 0 saturated heterocycles. The number of nitrogens with one attached hydrogen (secondary N) is 1. The Bertz CT molecular complexity index is 263. The Morgan fingerprint density at radius 2 is 1.68 bits per heavy atom. The van der Waals surface area contributed by atoms with Crippen LogP contribution in [0.15, 0.2) is 0 Å². The highest BCUT2D eigenvalue weighted by atomic mass is 16.5. The Balaban J connectivity index is 1.64. The number of rotatable bonds is 7. The quantitative estimate of drug-likeness (QED) is 0.712. The van der Waals surface area contributed by atoms with Crippen molar-refractivity contribution in [2.24, 2.45) is 29.6 Å². The summed E-state index contributed by atoms with van der Waals surface area (Å²) in [7, 11) is 1.82. The SMILES string of the molecule is CCNC(CCCOC)C1C2CC3CC(C2)CC1C3. The average Bonchev–Trinajstić information content (AvgIpc) is 2.37. The normalized spacial score (nSPS) is 41.7. The zero-order chi connectivity index (χ0) is 13.2. The summed E-state index contributed by atoms with van der Waals surface area (Å²) < 4.78 is 5.25. The maximum atomic E-state index is 5.25. The van der Waals surface area contributed by atoms with E-state index in [2.05, 4.69) is 12.2 Å². The van der Waals surface area contributed by atoms with Crippen LogP contribution in [-0.4, -0.2) is 26.3 Å². The molecule has 0 amide bonds. The van der Waals surface area contributed by atoms with Gasteiger partial charge in [-0.25, -0.2) is 0 Å². The van der Waals surface area contributed by atoms with Gasteiger partial charge < -0.3 is 10.1 Å². The van der Waals surface area contributed by atoms with Crippen molar-refractivity contribution in [3.63, 3.8) is 0 Å². The van der Waals surface area contributed by atoms with E-state index in [0.717, 1.165) is 48.8 Å². The van der Waals surface area contributed by atoms with Crippen molar-refractivity contribution in [2.45, 2.75) is 57.9 Å². The van der Waals surface area contributed by atoms with Crippen LogP contribution in [0.5, 0.6) is 0 Å². The van der Waals surface area contributed by atoms with Crippen molar-refractivity contribution >= 4 is 0 Å². The van der Waals surface area contributed by atoms with E-state index in [-0.39, 0.29) is 0 Å². The molecule has 0 heterocycles. The Morgan fingerprint density at radius 3 is 2.21 bits per heavy atom. The Kier molecular flexibility index (Phi) is 4.48. The molecule has 2 nitrogen and oxygen atoms in total. The largest absolute Gasteiger partial charge is 0.385 e. The van der Waals surface area contributed by atoms with E-state index in [1.54, 1.807) is 32.1 Å². The molecule has 4 aliphatic carbocycles. The predicted octanol–water partition coefficient (Wildman–Crippen LogP) is 3.46. The summed E-state index contributed by atoms with van der Waals surface area (Å²) in [6.45, 7) is 4.31. The second kappa shape index (κ2) is 6.13. The van der Waals surface area contributed by atoms with Crippen LogP contribution in [0.1, 0.15) is 51.9 Å². The molecule has 110 valence electrons. The molecule has 4 bridgehead atoms. The lowest BCUT2D eigenvalue weighted by Crippen LogP contribution is -2.53. The minimum Gasteiger partial charge on any atom is -0.385 e. The molecule has 0 aromatic heterocycles. The zero-order valence-corrected chi connectivity index (χ0v) is 12.7. The predicted molar refractivity (Wildman–Crippen MR) is 79.1 cm³/mol. The van der Waals surface area contributed by atoms with Gasteiger partial charge in [-0.15, -0.1) is 0 Å². The lowest BCUT2D eigenvalue weighted by atomic mass is 9.50.